The number of ether oxygens (including phenoxy) is 1. The van der Waals surface area contributed by atoms with E-state index in [1.54, 1.807) is 10.9 Å². The molecule has 1 aromatic carbocycles. The topological polar surface area (TPSA) is 67.6 Å². The van der Waals surface area contributed by atoms with Crippen molar-refractivity contribution in [3.05, 3.63) is 47.8 Å². The van der Waals surface area contributed by atoms with Gasteiger partial charge in [-0.05, 0) is 73.2 Å². The number of aromatic nitrogens is 2. The number of carbonyl (C=O) groups is 1. The maximum Gasteiger partial charge on any atom is 0.233 e. The van der Waals surface area contributed by atoms with Crippen molar-refractivity contribution in [2.24, 2.45) is 11.3 Å². The van der Waals surface area contributed by atoms with Gasteiger partial charge in [-0.15, -0.1) is 0 Å². The zero-order chi connectivity index (χ0) is 26.1. The summed E-state index contributed by atoms with van der Waals surface area (Å²) in [6, 6.07) is 11.5. The molecule has 2 aliphatic rings. The highest BCUT2D eigenvalue weighted by molar-refractivity contribution is 6.76. The minimum Gasteiger partial charge on any atom is -0.387 e. The Hall–Kier alpha value is -1.96. The molecule has 0 radical (unpaired) electrons. The van der Waals surface area contributed by atoms with Crippen LogP contribution in [0, 0.1) is 11.3 Å². The highest BCUT2D eigenvalue weighted by Crippen LogP contribution is 2.49. The van der Waals surface area contributed by atoms with E-state index in [1.165, 1.54) is 5.56 Å². The maximum atomic E-state index is 13.6. The highest BCUT2D eigenvalue weighted by atomic mass is 28.3. The zero-order valence-electron chi connectivity index (χ0n) is 23.1. The first-order valence-corrected chi connectivity index (χ1v) is 17.3. The van der Waals surface area contributed by atoms with Crippen LogP contribution in [0.3, 0.4) is 0 Å². The van der Waals surface area contributed by atoms with Crippen molar-refractivity contribution >= 4 is 19.7 Å². The lowest BCUT2D eigenvalue weighted by molar-refractivity contribution is -0.128. The number of nitrogens with zero attached hydrogens (tertiary/aromatic N) is 3. The molecular formula is C29H45N3O3Si. The molecule has 1 N–H and O–H groups in total. The van der Waals surface area contributed by atoms with Crippen LogP contribution >= 0.6 is 0 Å². The summed E-state index contributed by atoms with van der Waals surface area (Å²) >= 11 is 0. The maximum absolute atomic E-state index is 13.6. The standard InChI is InChI=1S/C29H45N3O3Si/c1-28(2,3)23-7-9-24(10-8-23)31-18-16-29(27(31)34)14-11-22(12-15-29)26(33)25-13-17-30-32(25)21-35-19-20-36(4,5)6/h7-10,13,17,22,26,33H,11-12,14-16,18-21H2,1-6H3/t22?,26-,29?/m1/s1. The Morgan fingerprint density at radius 2 is 1.78 bits per heavy atom. The number of anilines is 1. The van der Waals surface area contributed by atoms with E-state index in [4.69, 9.17) is 4.74 Å². The summed E-state index contributed by atoms with van der Waals surface area (Å²) in [5.41, 5.74) is 2.93. The van der Waals surface area contributed by atoms with Gasteiger partial charge in [0.1, 0.15) is 6.73 Å². The number of rotatable bonds is 8. The van der Waals surface area contributed by atoms with Crippen LogP contribution in [0.15, 0.2) is 36.5 Å². The molecule has 1 aliphatic heterocycles. The highest BCUT2D eigenvalue weighted by Gasteiger charge is 2.49. The van der Waals surface area contributed by atoms with E-state index in [0.29, 0.717) is 6.73 Å². The van der Waals surface area contributed by atoms with Gasteiger partial charge in [0.15, 0.2) is 0 Å². The second kappa shape index (κ2) is 10.4. The number of aliphatic hydroxyl groups is 1. The van der Waals surface area contributed by atoms with Gasteiger partial charge in [-0.1, -0.05) is 52.5 Å². The first-order valence-electron chi connectivity index (χ1n) is 13.6. The van der Waals surface area contributed by atoms with Crippen LogP contribution in [0.1, 0.15) is 70.2 Å². The van der Waals surface area contributed by atoms with Crippen molar-refractivity contribution in [3.63, 3.8) is 0 Å². The van der Waals surface area contributed by atoms with Crippen molar-refractivity contribution in [3.8, 4) is 0 Å². The van der Waals surface area contributed by atoms with E-state index in [-0.39, 0.29) is 22.7 Å². The third kappa shape index (κ3) is 5.95. The number of benzene rings is 1. The zero-order valence-corrected chi connectivity index (χ0v) is 24.1. The van der Waals surface area contributed by atoms with Crippen molar-refractivity contribution in [2.75, 3.05) is 18.1 Å². The lowest BCUT2D eigenvalue weighted by Gasteiger charge is -2.37. The van der Waals surface area contributed by atoms with Crippen LogP contribution in [-0.4, -0.2) is 42.0 Å². The molecule has 0 unspecified atom stereocenters. The molecule has 1 spiro atoms. The molecule has 0 bridgehead atoms. The van der Waals surface area contributed by atoms with Gasteiger partial charge in [0.05, 0.1) is 17.2 Å². The van der Waals surface area contributed by atoms with Crippen LogP contribution < -0.4 is 4.90 Å². The van der Waals surface area contributed by atoms with E-state index in [1.807, 2.05) is 11.0 Å². The van der Waals surface area contributed by atoms with Crippen LogP contribution in [0.2, 0.25) is 25.7 Å². The van der Waals surface area contributed by atoms with Crippen LogP contribution in [-0.2, 0) is 21.7 Å². The van der Waals surface area contributed by atoms with Gasteiger partial charge in [0.2, 0.25) is 5.91 Å². The van der Waals surface area contributed by atoms with Gasteiger partial charge in [-0.2, -0.15) is 5.10 Å². The molecule has 1 atom stereocenters. The van der Waals surface area contributed by atoms with Crippen LogP contribution in [0.5, 0.6) is 0 Å². The molecule has 6 nitrogen and oxygen atoms in total. The SMILES string of the molecule is CC(C)(C)c1ccc(N2CCC3(CCC([C@@H](O)c4ccnn4COCC[Si](C)(C)C)CC3)C2=O)cc1. The summed E-state index contributed by atoms with van der Waals surface area (Å²) in [4.78, 5) is 15.6. The molecule has 2 aromatic rings. The summed E-state index contributed by atoms with van der Waals surface area (Å²) in [5, 5.41) is 15.6. The Bertz CT molecular complexity index is 1030. The Kier molecular flexibility index (Phi) is 7.84. The summed E-state index contributed by atoms with van der Waals surface area (Å²) in [5.74, 6) is 0.403. The lowest BCUT2D eigenvalue weighted by atomic mass is 9.68. The van der Waals surface area contributed by atoms with Gasteiger partial charge in [-0.25, -0.2) is 4.68 Å². The molecule has 2 fully saturated rings. The fraction of sp³-hybridized carbons (Fsp3) is 0.655. The third-order valence-corrected chi connectivity index (χ3v) is 9.96. The molecule has 4 rings (SSSR count). The summed E-state index contributed by atoms with van der Waals surface area (Å²) in [6.07, 6.45) is 5.45. The fourth-order valence-corrected chi connectivity index (χ4v) is 6.41. The van der Waals surface area contributed by atoms with Crippen molar-refractivity contribution in [2.45, 2.75) is 96.8 Å². The van der Waals surface area contributed by atoms with Gasteiger partial charge in [0, 0.05) is 33.1 Å². The van der Waals surface area contributed by atoms with Crippen molar-refractivity contribution in [1.82, 2.24) is 9.78 Å². The predicted octanol–water partition coefficient (Wildman–Crippen LogP) is 6.14. The second-order valence-corrected chi connectivity index (χ2v) is 18.8. The summed E-state index contributed by atoms with van der Waals surface area (Å²) in [6.45, 7) is 15.5. The van der Waals surface area contributed by atoms with Crippen LogP contribution in [0.25, 0.3) is 0 Å². The molecule has 36 heavy (non-hydrogen) atoms. The van der Waals surface area contributed by atoms with Gasteiger partial charge in [0.25, 0.3) is 0 Å². The van der Waals surface area contributed by atoms with Crippen molar-refractivity contribution < 1.29 is 14.6 Å². The Morgan fingerprint density at radius 3 is 2.39 bits per heavy atom. The molecule has 7 heteroatoms. The number of amides is 1. The third-order valence-electron chi connectivity index (χ3n) is 8.25. The Balaban J connectivity index is 1.34. The van der Waals surface area contributed by atoms with Crippen LogP contribution in [0.4, 0.5) is 5.69 Å². The average molecular weight is 512 g/mol. The van der Waals surface area contributed by atoms with E-state index in [0.717, 1.165) is 62.7 Å². The average Bonchev–Trinajstić information content (AvgIpc) is 3.41. The van der Waals surface area contributed by atoms with E-state index < -0.39 is 14.2 Å². The van der Waals surface area contributed by atoms with E-state index in [9.17, 15) is 9.90 Å². The Labute approximate surface area is 218 Å². The molecule has 1 aromatic heterocycles. The second-order valence-electron chi connectivity index (χ2n) is 13.2. The molecule has 1 aliphatic carbocycles. The quantitative estimate of drug-likeness (QED) is 0.341. The number of hydrogen-bond donors (Lipinski definition) is 1. The molecule has 1 saturated carbocycles. The van der Waals surface area contributed by atoms with Gasteiger partial charge in [-0.3, -0.25) is 4.79 Å². The largest absolute Gasteiger partial charge is 0.387 e. The van der Waals surface area contributed by atoms with Gasteiger partial charge >= 0.3 is 0 Å². The number of hydrogen-bond acceptors (Lipinski definition) is 4. The summed E-state index contributed by atoms with van der Waals surface area (Å²) < 4.78 is 7.67. The van der Waals surface area contributed by atoms with Crippen molar-refractivity contribution in [1.29, 1.82) is 0 Å². The predicted molar refractivity (Wildman–Crippen MR) is 148 cm³/mol. The normalized spacial score (nSPS) is 24.0. The number of aliphatic hydroxyl groups excluding tert-OH is 1. The first-order chi connectivity index (χ1) is 16.9. The van der Waals surface area contributed by atoms with Gasteiger partial charge < -0.3 is 14.7 Å². The molecule has 1 amide bonds. The fourth-order valence-electron chi connectivity index (χ4n) is 5.65. The lowest BCUT2D eigenvalue weighted by Crippen LogP contribution is -2.38. The minimum atomic E-state index is -1.14. The molecule has 2 heterocycles. The monoisotopic (exact) mass is 511 g/mol. The summed E-state index contributed by atoms with van der Waals surface area (Å²) in [7, 11) is -1.14. The smallest absolute Gasteiger partial charge is 0.233 e. The molecular weight excluding hydrogens is 466 g/mol. The van der Waals surface area contributed by atoms with E-state index in [2.05, 4.69) is 69.8 Å². The molecule has 1 saturated heterocycles. The van der Waals surface area contributed by atoms with E-state index >= 15 is 0 Å². The minimum absolute atomic E-state index is 0.101. The number of carbonyl (C=O) groups excluding carboxylic acids is 1. The molecule has 198 valence electrons. The Morgan fingerprint density at radius 1 is 1.11 bits per heavy atom. The first kappa shape index (κ1) is 27.1.